The topological polar surface area (TPSA) is 597 Å². The molecular weight excluding hydrogens is 1500 g/mol. The van der Waals surface area contributed by atoms with Crippen LogP contribution in [0.1, 0.15) is 125 Å². The fraction of sp³-hybridized carbons (Fsp3) is 0.474. The molecule has 1 saturated heterocycles. The number of aromatic nitrogens is 3. The maximum absolute atomic E-state index is 14.7. The van der Waals surface area contributed by atoms with Gasteiger partial charge in [-0.05, 0) is 165 Å². The summed E-state index contributed by atoms with van der Waals surface area (Å²) in [4.78, 5) is 203. The number of aliphatic hydroxyl groups is 2. The number of pyridine rings is 1. The lowest BCUT2D eigenvalue weighted by Gasteiger charge is -2.29. The number of carbonyl (C=O) groups excluding carboxylic acids is 14. The predicted octanol–water partition coefficient (Wildman–Crippen LogP) is -3.80. The molecule has 3 heterocycles. The summed E-state index contributed by atoms with van der Waals surface area (Å²) in [5, 5.41) is 60.1. The van der Waals surface area contributed by atoms with Crippen LogP contribution in [0.2, 0.25) is 0 Å². The minimum Gasteiger partial charge on any atom is -0.391 e. The Balaban J connectivity index is 1.19. The molecule has 0 aliphatic carbocycles. The van der Waals surface area contributed by atoms with Gasteiger partial charge in [-0.2, -0.15) is 9.78 Å². The van der Waals surface area contributed by atoms with Gasteiger partial charge in [0.1, 0.15) is 66.5 Å². The Labute approximate surface area is 663 Å². The highest BCUT2D eigenvalue weighted by molar-refractivity contribution is 7.99. The highest BCUT2D eigenvalue weighted by atomic mass is 32.2. The second-order valence-corrected chi connectivity index (χ2v) is 28.8. The molecule has 1 aliphatic heterocycles. The number of nitrogens with one attached hydrogen (secondary N) is 13. The fourth-order valence-corrected chi connectivity index (χ4v) is 13.0. The van der Waals surface area contributed by atoms with E-state index in [2.05, 4.69) is 79.2 Å². The molecule has 38 heteroatoms. The molecule has 0 bridgehead atoms. The van der Waals surface area contributed by atoms with Crippen molar-refractivity contribution >= 4 is 118 Å². The van der Waals surface area contributed by atoms with Crippen LogP contribution in [0.5, 0.6) is 0 Å². The van der Waals surface area contributed by atoms with E-state index in [1.54, 1.807) is 111 Å². The van der Waals surface area contributed by atoms with Gasteiger partial charge in [-0.1, -0.05) is 74.1 Å². The van der Waals surface area contributed by atoms with Crippen molar-refractivity contribution in [1.29, 1.82) is 0 Å². The molecular formula is C76H107N21O16S. The standard InChI is InChI=1S/C76H107N21O16S/c1-41(2)38-57-72(109)89-52(26-32-78)66(103)88-55(29-35-81)71(108)94-63(43(4)98)74(111)84-37-30-56(69(106)87-53(27-33-79)68(105)93-58(73(110)92-57)39-45-14-8-7-9-15-45)90-67(104)54(28-34-80)91-75(112)64(44(5)99)95-70(107)51(25-31-77)86-62(101)24-23-61(100)85-42(3)76(113)97-59-40-47(114-60-18-11-10-17-49(60)65(102)82-6)20-21-48(59)50(96-97)22-19-46-16-12-13-36-83-46/h7-22,36,40-44,51-58,63-64,98-99H,23-35,37-39,77-81H2,1-6H3,(H,82,102)(H,84,111)(H,85,100)(H,86,101)(H,87,106)(H,88,103)(H,89,109)(H,90,104)(H,91,112)(H,92,110)(H,93,105)(H,94,108)(H,95,107)/b22-19+/t42?,43-,44-,51+,52+,53+,54+,55+,56+,57+,58-,63+,64+/m1/s1. The average molecular weight is 1600 g/mol. The molecule has 13 amide bonds. The van der Waals surface area contributed by atoms with Crippen molar-refractivity contribution in [3.63, 3.8) is 0 Å². The third-order valence-corrected chi connectivity index (χ3v) is 19.2. The van der Waals surface area contributed by atoms with Gasteiger partial charge in [0.25, 0.3) is 11.8 Å². The minimum absolute atomic E-state index is 0.0135. The normalized spacial score (nSPS) is 20.0. The zero-order chi connectivity index (χ0) is 83.7. The van der Waals surface area contributed by atoms with Gasteiger partial charge in [0.2, 0.25) is 70.9 Å². The first-order valence-corrected chi connectivity index (χ1v) is 38.4. The van der Waals surface area contributed by atoms with Crippen LogP contribution in [0.3, 0.4) is 0 Å². The number of carbonyl (C=O) groups is 14. The molecule has 0 saturated carbocycles. The van der Waals surface area contributed by atoms with Crippen LogP contribution < -0.4 is 97.8 Å². The minimum atomic E-state index is -1.87. The highest BCUT2D eigenvalue weighted by Crippen LogP contribution is 2.34. The van der Waals surface area contributed by atoms with Crippen LogP contribution in [0.15, 0.2) is 107 Å². The molecule has 1 aliphatic rings. The van der Waals surface area contributed by atoms with Gasteiger partial charge < -0.3 is 108 Å². The number of nitrogens with two attached hydrogens (primary N) is 5. The molecule has 25 N–H and O–H groups in total. The summed E-state index contributed by atoms with van der Waals surface area (Å²) in [6.45, 7) is 5.68. The lowest BCUT2D eigenvalue weighted by molar-refractivity contribution is -0.137. The Kier molecular flexibility index (Phi) is 37.1. The molecule has 5 aromatic rings. The molecule has 3 aromatic carbocycles. The van der Waals surface area contributed by atoms with E-state index in [1.807, 2.05) is 12.1 Å². The zero-order valence-electron chi connectivity index (χ0n) is 64.5. The van der Waals surface area contributed by atoms with E-state index in [1.165, 1.54) is 32.7 Å². The summed E-state index contributed by atoms with van der Waals surface area (Å²) in [7, 11) is 1.52. The number of benzene rings is 3. The average Bonchev–Trinajstić information content (AvgIpc) is 1.63. The second-order valence-electron chi connectivity index (χ2n) is 27.7. The molecule has 0 spiro atoms. The fourth-order valence-electron chi connectivity index (χ4n) is 12.0. The van der Waals surface area contributed by atoms with Gasteiger partial charge in [0, 0.05) is 54.2 Å². The molecule has 13 atom stereocenters. The summed E-state index contributed by atoms with van der Waals surface area (Å²) in [5.41, 5.74) is 32.0. The van der Waals surface area contributed by atoms with E-state index >= 15 is 0 Å². The third kappa shape index (κ3) is 27.9. The van der Waals surface area contributed by atoms with E-state index in [-0.39, 0.29) is 89.5 Å². The molecule has 1 fully saturated rings. The maximum Gasteiger partial charge on any atom is 0.269 e. The summed E-state index contributed by atoms with van der Waals surface area (Å²) < 4.78 is 1.15. The van der Waals surface area contributed by atoms with E-state index in [0.717, 1.165) is 11.6 Å². The van der Waals surface area contributed by atoms with Crippen molar-refractivity contribution < 1.29 is 77.3 Å². The number of amides is 13. The van der Waals surface area contributed by atoms with Gasteiger partial charge in [-0.15, -0.1) is 0 Å². The van der Waals surface area contributed by atoms with Crippen molar-refractivity contribution in [3.05, 3.63) is 120 Å². The van der Waals surface area contributed by atoms with Gasteiger partial charge in [0.05, 0.1) is 34.7 Å². The number of hydrogen-bond acceptors (Lipinski definition) is 24. The highest BCUT2D eigenvalue weighted by Gasteiger charge is 2.38. The number of aliphatic hydroxyl groups excluding tert-OH is 2. The van der Waals surface area contributed by atoms with Crippen LogP contribution in [-0.2, 0) is 64.0 Å². The molecule has 6 rings (SSSR count). The Morgan fingerprint density at radius 1 is 0.588 bits per heavy atom. The van der Waals surface area contributed by atoms with Crippen LogP contribution >= 0.6 is 11.8 Å². The van der Waals surface area contributed by atoms with Crippen molar-refractivity contribution in [2.24, 2.45) is 34.6 Å². The molecule has 37 nitrogen and oxygen atoms in total. The SMILES string of the molecule is CNC(=O)c1ccccc1Sc1ccc2c(/C=C/c3ccccn3)nn(C(=O)C(C)NC(=O)CCC(=O)N[C@@H](CCN)C(=O)N[C@H](C(=O)N[C@@H](CCN)C(=O)N[C@H]3CCNC(=O)[C@H]([C@@H](C)O)NC(=O)[C@H](CCN)NC(=O)[C@H](CCN)NC(=O)[C@H](CC(C)C)NC(=O)[C@@H](Cc4ccccc4)NC(=O)[C@H](CCN)NC3=O)[C@@H](C)O)c2c1. The Morgan fingerprint density at radius 3 is 1.72 bits per heavy atom. The van der Waals surface area contributed by atoms with Gasteiger partial charge in [-0.3, -0.25) is 72.1 Å². The monoisotopic (exact) mass is 1600 g/mol. The number of fused-ring (bicyclic) bond motifs is 1. The smallest absolute Gasteiger partial charge is 0.269 e. The van der Waals surface area contributed by atoms with Crippen LogP contribution in [0, 0.1) is 5.92 Å². The van der Waals surface area contributed by atoms with E-state index < -0.39 is 181 Å². The predicted molar refractivity (Wildman–Crippen MR) is 423 cm³/mol. The van der Waals surface area contributed by atoms with Gasteiger partial charge >= 0.3 is 0 Å². The van der Waals surface area contributed by atoms with Crippen LogP contribution in [-0.4, -0.2) is 233 Å². The first-order valence-electron chi connectivity index (χ1n) is 37.6. The van der Waals surface area contributed by atoms with Crippen LogP contribution in [0.25, 0.3) is 23.1 Å². The quantitative estimate of drug-likeness (QED) is 0.0192. The van der Waals surface area contributed by atoms with Crippen molar-refractivity contribution in [1.82, 2.24) is 83.9 Å². The van der Waals surface area contributed by atoms with Gasteiger partial charge in [-0.25, -0.2) is 0 Å². The number of rotatable bonds is 33. The van der Waals surface area contributed by atoms with Gasteiger partial charge in [0.15, 0.2) is 0 Å². The first kappa shape index (κ1) is 91.7. The van der Waals surface area contributed by atoms with Crippen molar-refractivity contribution in [2.45, 2.75) is 187 Å². The molecule has 2 aromatic heterocycles. The first-order chi connectivity index (χ1) is 54.4. The van der Waals surface area contributed by atoms with E-state index in [9.17, 15) is 77.3 Å². The summed E-state index contributed by atoms with van der Waals surface area (Å²) in [6.07, 6.45) is -1.24. The summed E-state index contributed by atoms with van der Waals surface area (Å²) >= 11 is 1.29. The van der Waals surface area contributed by atoms with Crippen molar-refractivity contribution in [2.75, 3.05) is 46.3 Å². The lowest BCUT2D eigenvalue weighted by atomic mass is 10.00. The van der Waals surface area contributed by atoms with Crippen molar-refractivity contribution in [3.8, 4) is 0 Å². The summed E-state index contributed by atoms with van der Waals surface area (Å²) in [6, 6.07) is 9.19. The largest absolute Gasteiger partial charge is 0.391 e. The molecule has 1 unspecified atom stereocenters. The Morgan fingerprint density at radius 2 is 1.14 bits per heavy atom. The Hall–Kier alpha value is -11.1. The second kappa shape index (κ2) is 46.1. The zero-order valence-corrected chi connectivity index (χ0v) is 65.4. The lowest BCUT2D eigenvalue weighted by Crippen LogP contribution is -2.62. The summed E-state index contributed by atoms with van der Waals surface area (Å²) in [5.74, 6) is -12.8. The van der Waals surface area contributed by atoms with E-state index in [0.29, 0.717) is 43.2 Å². The van der Waals surface area contributed by atoms with Crippen LogP contribution in [0.4, 0.5) is 0 Å². The maximum atomic E-state index is 14.7. The number of nitrogens with zero attached hydrogens (tertiary/aromatic N) is 3. The molecule has 618 valence electrons. The van der Waals surface area contributed by atoms with E-state index in [4.69, 9.17) is 28.7 Å². The molecule has 0 radical (unpaired) electrons. The molecule has 114 heavy (non-hydrogen) atoms. The third-order valence-electron chi connectivity index (χ3n) is 18.1. The Bertz CT molecular complexity index is 4190. The number of hydrogen-bond donors (Lipinski definition) is 20.